The molecule has 0 aliphatic rings. The molecule has 0 aliphatic carbocycles. The van der Waals surface area contributed by atoms with Gasteiger partial charge in [-0.3, -0.25) is 0 Å². The van der Waals surface area contributed by atoms with Crippen molar-refractivity contribution in [1.82, 2.24) is 0 Å². The lowest BCUT2D eigenvalue weighted by Crippen LogP contribution is -2.37. The van der Waals surface area contributed by atoms with Crippen molar-refractivity contribution in [2.75, 3.05) is 27.8 Å². The minimum absolute atomic E-state index is 0.164. The molecule has 0 fully saturated rings. The van der Waals surface area contributed by atoms with Gasteiger partial charge in [0.2, 0.25) is 0 Å². The molecule has 0 spiro atoms. The predicted octanol–water partition coefficient (Wildman–Crippen LogP) is 7.38. The van der Waals surface area contributed by atoms with Crippen LogP contribution in [0.4, 0.5) is 0 Å². The molecule has 0 saturated carbocycles. The van der Waals surface area contributed by atoms with Gasteiger partial charge in [-0.1, -0.05) is 67.3 Å². The molecule has 0 N–H and O–H groups in total. The van der Waals surface area contributed by atoms with Crippen molar-refractivity contribution in [2.45, 2.75) is 19.6 Å². The number of rotatable bonds is 8. The molecule has 4 aromatic rings. The Morgan fingerprint density at radius 1 is 0.676 bits per heavy atom. The van der Waals surface area contributed by atoms with Crippen molar-refractivity contribution in [3.05, 3.63) is 61.7 Å². The third kappa shape index (κ3) is 5.09. The lowest BCUT2D eigenvalue weighted by molar-refractivity contribution is 0.0495. The molecule has 0 saturated heterocycles. The Kier molecular flexibility index (Phi) is 8.08. The Morgan fingerprint density at radius 3 is 1.76 bits per heavy atom. The molecule has 0 bridgehead atoms. The minimum atomic E-state index is -1.48. The Labute approximate surface area is 229 Å². The number of ether oxygens (including phenoxy) is 4. The maximum atomic E-state index is 6.22. The largest absolute Gasteiger partial charge is 0.466 e. The van der Waals surface area contributed by atoms with Gasteiger partial charge < -0.3 is 18.9 Å². The second kappa shape index (κ2) is 10.7. The Morgan fingerprint density at radius 2 is 1.21 bits per heavy atom. The van der Waals surface area contributed by atoms with Gasteiger partial charge >= 0.3 is 0 Å². The van der Waals surface area contributed by atoms with Gasteiger partial charge in [0.1, 0.15) is 11.5 Å². The van der Waals surface area contributed by atoms with Crippen LogP contribution in [0.5, 0.6) is 11.5 Å². The van der Waals surface area contributed by atoms with Gasteiger partial charge in [-0.05, 0) is 78.9 Å². The third-order valence-electron chi connectivity index (χ3n) is 5.76. The van der Waals surface area contributed by atoms with E-state index in [2.05, 4.69) is 119 Å². The van der Waals surface area contributed by atoms with E-state index in [0.717, 1.165) is 45.9 Å². The molecular formula is C27H28I2O4Si. The van der Waals surface area contributed by atoms with Crippen LogP contribution in [0, 0.1) is 7.14 Å². The van der Waals surface area contributed by atoms with E-state index in [-0.39, 0.29) is 13.6 Å². The molecule has 4 aromatic carbocycles. The fourth-order valence-corrected chi connectivity index (χ4v) is 6.82. The first kappa shape index (κ1) is 25.7. The normalized spacial score (nSPS) is 11.9. The summed E-state index contributed by atoms with van der Waals surface area (Å²) in [6.07, 6.45) is 0. The zero-order valence-corrected chi connectivity index (χ0v) is 25.3. The molecule has 0 unspecified atom stereocenters. The second-order valence-electron chi connectivity index (χ2n) is 9.13. The highest BCUT2D eigenvalue weighted by Gasteiger charge is 2.25. The SMILES string of the molecule is COCOc1c(I)cc2ccccc2c1-c1c(OCOC)c(I)cc2cc([Si](C)(C)C)ccc12. The van der Waals surface area contributed by atoms with Crippen molar-refractivity contribution in [2.24, 2.45) is 0 Å². The molecule has 178 valence electrons. The summed E-state index contributed by atoms with van der Waals surface area (Å²) in [4.78, 5) is 0. The van der Waals surface area contributed by atoms with Crippen LogP contribution in [0.1, 0.15) is 0 Å². The highest BCUT2D eigenvalue weighted by Crippen LogP contribution is 2.48. The summed E-state index contributed by atoms with van der Waals surface area (Å²) in [5, 5.41) is 6.01. The number of benzene rings is 4. The van der Waals surface area contributed by atoms with E-state index in [1.807, 2.05) is 0 Å². The first-order valence-electron chi connectivity index (χ1n) is 11.0. The molecule has 0 radical (unpaired) electrons. The molecule has 34 heavy (non-hydrogen) atoms. The molecule has 0 atom stereocenters. The summed E-state index contributed by atoms with van der Waals surface area (Å²) in [6, 6.07) is 19.6. The molecule has 4 nitrogen and oxygen atoms in total. The minimum Gasteiger partial charge on any atom is -0.466 e. The fraction of sp³-hybridized carbons (Fsp3) is 0.259. The maximum Gasteiger partial charge on any atom is 0.188 e. The standard InChI is InChI=1S/C27H28I2O4Si/c1-30-15-32-26-22(28)13-17-8-6-7-9-20(17)24(26)25-21-11-10-19(34(3,4)5)12-18(21)14-23(29)27(25)33-16-31-2/h6-14H,15-16H2,1-5H3. The maximum absolute atomic E-state index is 6.22. The number of halogens is 2. The molecular weight excluding hydrogens is 670 g/mol. The number of fused-ring (bicyclic) bond motifs is 2. The van der Waals surface area contributed by atoms with Crippen LogP contribution in [0.25, 0.3) is 32.7 Å². The zero-order valence-electron chi connectivity index (χ0n) is 20.0. The van der Waals surface area contributed by atoms with Gasteiger partial charge in [-0.2, -0.15) is 0 Å². The summed E-state index contributed by atoms with van der Waals surface area (Å²) in [6.45, 7) is 7.45. The fourth-order valence-electron chi connectivity index (χ4n) is 4.13. The number of hydrogen-bond donors (Lipinski definition) is 0. The lowest BCUT2D eigenvalue weighted by Gasteiger charge is -2.23. The molecule has 0 aliphatic heterocycles. The van der Waals surface area contributed by atoms with Gasteiger partial charge in [0.05, 0.1) is 15.2 Å². The van der Waals surface area contributed by atoms with E-state index in [9.17, 15) is 0 Å². The molecule has 7 heteroatoms. The number of hydrogen-bond acceptors (Lipinski definition) is 4. The molecule has 0 aromatic heterocycles. The average molecular weight is 698 g/mol. The van der Waals surface area contributed by atoms with E-state index in [0.29, 0.717) is 0 Å². The van der Waals surface area contributed by atoms with Crippen LogP contribution >= 0.6 is 45.2 Å². The van der Waals surface area contributed by atoms with Crippen LogP contribution in [0.2, 0.25) is 19.6 Å². The van der Waals surface area contributed by atoms with E-state index in [1.165, 1.54) is 10.6 Å². The molecule has 0 amide bonds. The van der Waals surface area contributed by atoms with E-state index < -0.39 is 8.07 Å². The number of methoxy groups -OCH3 is 2. The van der Waals surface area contributed by atoms with Crippen LogP contribution in [0.15, 0.2) is 54.6 Å². The highest BCUT2D eigenvalue weighted by molar-refractivity contribution is 14.1. The summed E-state index contributed by atoms with van der Waals surface area (Å²) in [7, 11) is 1.80. The van der Waals surface area contributed by atoms with Gasteiger partial charge in [-0.25, -0.2) is 0 Å². The van der Waals surface area contributed by atoms with Crippen LogP contribution < -0.4 is 14.7 Å². The van der Waals surface area contributed by atoms with Gasteiger partial charge in [0.25, 0.3) is 0 Å². The summed E-state index contributed by atoms with van der Waals surface area (Å²) >= 11 is 4.72. The Bertz CT molecular complexity index is 1350. The van der Waals surface area contributed by atoms with Crippen molar-refractivity contribution in [3.8, 4) is 22.6 Å². The third-order valence-corrected chi connectivity index (χ3v) is 9.41. The van der Waals surface area contributed by atoms with Crippen molar-refractivity contribution < 1.29 is 18.9 Å². The first-order chi connectivity index (χ1) is 16.3. The van der Waals surface area contributed by atoms with Crippen molar-refractivity contribution in [1.29, 1.82) is 0 Å². The molecule has 4 rings (SSSR count). The van der Waals surface area contributed by atoms with Crippen molar-refractivity contribution >= 4 is 80.0 Å². The Balaban J connectivity index is 2.16. The monoisotopic (exact) mass is 698 g/mol. The zero-order chi connectivity index (χ0) is 24.5. The predicted molar refractivity (Wildman–Crippen MR) is 160 cm³/mol. The first-order valence-corrected chi connectivity index (χ1v) is 16.6. The average Bonchev–Trinajstić information content (AvgIpc) is 2.80. The second-order valence-corrected chi connectivity index (χ2v) is 16.5. The smallest absolute Gasteiger partial charge is 0.188 e. The van der Waals surface area contributed by atoms with Gasteiger partial charge in [0.15, 0.2) is 13.6 Å². The van der Waals surface area contributed by atoms with Crippen molar-refractivity contribution in [3.63, 3.8) is 0 Å². The summed E-state index contributed by atoms with van der Waals surface area (Å²) in [5.74, 6) is 1.59. The van der Waals surface area contributed by atoms with E-state index in [4.69, 9.17) is 18.9 Å². The summed E-state index contributed by atoms with van der Waals surface area (Å²) in [5.41, 5.74) is 2.02. The van der Waals surface area contributed by atoms with Crippen LogP contribution in [-0.4, -0.2) is 35.9 Å². The van der Waals surface area contributed by atoms with Gasteiger partial charge in [-0.15, -0.1) is 0 Å². The quantitative estimate of drug-likeness (QED) is 0.109. The lowest BCUT2D eigenvalue weighted by atomic mass is 9.92. The van der Waals surface area contributed by atoms with E-state index in [1.54, 1.807) is 14.2 Å². The van der Waals surface area contributed by atoms with Crippen LogP contribution in [-0.2, 0) is 9.47 Å². The topological polar surface area (TPSA) is 36.9 Å². The summed E-state index contributed by atoms with van der Waals surface area (Å²) < 4.78 is 25.1. The molecule has 0 heterocycles. The highest BCUT2D eigenvalue weighted by atomic mass is 127. The van der Waals surface area contributed by atoms with Gasteiger partial charge in [0, 0.05) is 25.3 Å². The Hall–Kier alpha value is -1.40. The van der Waals surface area contributed by atoms with E-state index >= 15 is 0 Å². The van der Waals surface area contributed by atoms with Crippen LogP contribution in [0.3, 0.4) is 0 Å².